The number of rotatable bonds is 6. The number of nitrogens with one attached hydrogen (secondary N) is 2. The summed E-state index contributed by atoms with van der Waals surface area (Å²) in [4.78, 5) is 12.7. The van der Waals surface area contributed by atoms with Gasteiger partial charge in [0.05, 0.1) is 10.9 Å². The van der Waals surface area contributed by atoms with Crippen LogP contribution < -0.4 is 10.0 Å². The maximum absolute atomic E-state index is 12.6. The Labute approximate surface area is 169 Å². The van der Waals surface area contributed by atoms with Gasteiger partial charge in [0.15, 0.2) is 0 Å². The van der Waals surface area contributed by atoms with E-state index in [1.54, 1.807) is 48.5 Å². The average Bonchev–Trinajstić information content (AvgIpc) is 2.69. The highest BCUT2D eigenvalue weighted by Crippen LogP contribution is 2.19. The lowest BCUT2D eigenvalue weighted by molar-refractivity contribution is 0.0940. The molecule has 3 rings (SSSR count). The van der Waals surface area contributed by atoms with E-state index in [4.69, 9.17) is 11.6 Å². The van der Waals surface area contributed by atoms with Crippen LogP contribution in [0.15, 0.2) is 83.8 Å². The lowest BCUT2D eigenvalue weighted by Gasteiger charge is -2.15. The van der Waals surface area contributed by atoms with Crippen molar-refractivity contribution in [2.75, 3.05) is 4.72 Å². The van der Waals surface area contributed by atoms with Gasteiger partial charge in [0.2, 0.25) is 0 Å². The molecule has 0 aliphatic heterocycles. The molecule has 3 aromatic carbocycles. The summed E-state index contributed by atoms with van der Waals surface area (Å²) in [6.45, 7) is 1.86. The third-order valence-electron chi connectivity index (χ3n) is 4.15. The number of carbonyl (C=O) groups is 1. The maximum Gasteiger partial charge on any atom is 0.261 e. The second-order valence-corrected chi connectivity index (χ2v) is 8.36. The van der Waals surface area contributed by atoms with Gasteiger partial charge in [-0.25, -0.2) is 8.42 Å². The standard InChI is InChI=1S/C21H19ClN2O3S/c1-15(16-10-12-18(22)13-11-16)23-21(25)17-6-5-7-19(14-17)24-28(26,27)20-8-3-2-4-9-20/h2-15,24H,1H3,(H,23,25). The van der Waals surface area contributed by atoms with Crippen molar-refractivity contribution >= 4 is 33.2 Å². The fourth-order valence-corrected chi connectivity index (χ4v) is 3.85. The molecule has 0 aliphatic carbocycles. The molecule has 144 valence electrons. The molecule has 0 bridgehead atoms. The molecule has 1 amide bonds. The molecule has 0 aromatic heterocycles. The second kappa shape index (κ2) is 8.46. The van der Waals surface area contributed by atoms with E-state index >= 15 is 0 Å². The second-order valence-electron chi connectivity index (χ2n) is 6.25. The minimum Gasteiger partial charge on any atom is -0.346 e. The van der Waals surface area contributed by atoms with Crippen molar-refractivity contribution in [3.8, 4) is 0 Å². The molecule has 0 aliphatic rings. The largest absolute Gasteiger partial charge is 0.346 e. The van der Waals surface area contributed by atoms with Crippen LogP contribution in [0.4, 0.5) is 5.69 Å². The zero-order valence-electron chi connectivity index (χ0n) is 15.1. The Morgan fingerprint density at radius 3 is 2.29 bits per heavy atom. The molecular weight excluding hydrogens is 396 g/mol. The average molecular weight is 415 g/mol. The van der Waals surface area contributed by atoms with Crippen LogP contribution in [-0.4, -0.2) is 14.3 Å². The Morgan fingerprint density at radius 1 is 0.929 bits per heavy atom. The third-order valence-corrected chi connectivity index (χ3v) is 5.80. The van der Waals surface area contributed by atoms with Gasteiger partial charge in [0.1, 0.15) is 0 Å². The monoisotopic (exact) mass is 414 g/mol. The molecule has 0 radical (unpaired) electrons. The van der Waals surface area contributed by atoms with Crippen molar-refractivity contribution in [1.29, 1.82) is 0 Å². The number of benzene rings is 3. The van der Waals surface area contributed by atoms with E-state index in [1.165, 1.54) is 18.2 Å². The number of carbonyl (C=O) groups excluding carboxylic acids is 1. The highest BCUT2D eigenvalue weighted by Gasteiger charge is 2.16. The number of hydrogen-bond donors (Lipinski definition) is 2. The molecule has 28 heavy (non-hydrogen) atoms. The summed E-state index contributed by atoms with van der Waals surface area (Å²) in [5.74, 6) is -0.303. The Balaban J connectivity index is 1.73. The van der Waals surface area contributed by atoms with Crippen molar-refractivity contribution in [3.63, 3.8) is 0 Å². The number of sulfonamides is 1. The fourth-order valence-electron chi connectivity index (χ4n) is 2.65. The SMILES string of the molecule is CC(NC(=O)c1cccc(NS(=O)(=O)c2ccccc2)c1)c1ccc(Cl)cc1. The van der Waals surface area contributed by atoms with Crippen LogP contribution in [0.25, 0.3) is 0 Å². The molecule has 1 unspecified atom stereocenters. The number of amides is 1. The quantitative estimate of drug-likeness (QED) is 0.617. The molecular formula is C21H19ClN2O3S. The summed E-state index contributed by atoms with van der Waals surface area (Å²) in [7, 11) is -3.72. The molecule has 7 heteroatoms. The summed E-state index contributed by atoms with van der Waals surface area (Å²) in [5.41, 5.74) is 1.59. The summed E-state index contributed by atoms with van der Waals surface area (Å²) in [6, 6.07) is 21.4. The first-order chi connectivity index (χ1) is 13.3. The predicted octanol–water partition coefficient (Wildman–Crippen LogP) is 4.63. The van der Waals surface area contributed by atoms with Crippen LogP contribution >= 0.6 is 11.6 Å². The maximum atomic E-state index is 12.6. The van der Waals surface area contributed by atoms with Crippen LogP contribution in [0.1, 0.15) is 28.9 Å². The van der Waals surface area contributed by atoms with E-state index in [9.17, 15) is 13.2 Å². The zero-order chi connectivity index (χ0) is 20.1. The molecule has 0 saturated carbocycles. The van der Waals surface area contributed by atoms with Crippen molar-refractivity contribution in [2.24, 2.45) is 0 Å². The first-order valence-electron chi connectivity index (χ1n) is 8.59. The Bertz CT molecular complexity index is 1070. The van der Waals surface area contributed by atoms with Crippen molar-refractivity contribution in [3.05, 3.63) is 95.0 Å². The van der Waals surface area contributed by atoms with Crippen LogP contribution in [0.2, 0.25) is 5.02 Å². The highest BCUT2D eigenvalue weighted by atomic mass is 35.5. The Hall–Kier alpha value is -2.83. The highest BCUT2D eigenvalue weighted by molar-refractivity contribution is 7.92. The van der Waals surface area contributed by atoms with Gasteiger partial charge in [-0.3, -0.25) is 9.52 Å². The van der Waals surface area contributed by atoms with E-state index in [0.29, 0.717) is 16.3 Å². The van der Waals surface area contributed by atoms with Crippen molar-refractivity contribution < 1.29 is 13.2 Å². The molecule has 1 atom stereocenters. The molecule has 5 nitrogen and oxygen atoms in total. The predicted molar refractivity (Wildman–Crippen MR) is 111 cm³/mol. The minimum atomic E-state index is -3.72. The third kappa shape index (κ3) is 4.91. The lowest BCUT2D eigenvalue weighted by atomic mass is 10.1. The van der Waals surface area contributed by atoms with Crippen molar-refractivity contribution in [1.82, 2.24) is 5.32 Å². The molecule has 3 aromatic rings. The minimum absolute atomic E-state index is 0.154. The molecule has 0 saturated heterocycles. The van der Waals surface area contributed by atoms with Crippen molar-refractivity contribution in [2.45, 2.75) is 17.9 Å². The number of halogens is 1. The van der Waals surface area contributed by atoms with Crippen LogP contribution in [0, 0.1) is 0 Å². The Morgan fingerprint density at radius 2 is 1.61 bits per heavy atom. The fraction of sp³-hybridized carbons (Fsp3) is 0.0952. The van der Waals surface area contributed by atoms with Crippen LogP contribution in [0.3, 0.4) is 0 Å². The molecule has 0 heterocycles. The lowest BCUT2D eigenvalue weighted by Crippen LogP contribution is -2.26. The zero-order valence-corrected chi connectivity index (χ0v) is 16.7. The first-order valence-corrected chi connectivity index (χ1v) is 10.5. The molecule has 0 spiro atoms. The summed E-state index contributed by atoms with van der Waals surface area (Å²) >= 11 is 5.89. The Kier molecular flexibility index (Phi) is 6.02. The van der Waals surface area contributed by atoms with Gasteiger partial charge in [0.25, 0.3) is 15.9 Å². The molecule has 2 N–H and O–H groups in total. The smallest absolute Gasteiger partial charge is 0.261 e. The van der Waals surface area contributed by atoms with Gasteiger partial charge < -0.3 is 5.32 Å². The van der Waals surface area contributed by atoms with Gasteiger partial charge in [-0.2, -0.15) is 0 Å². The first kappa shape index (κ1) is 19.9. The van der Waals surface area contributed by atoms with Gasteiger partial charge in [-0.15, -0.1) is 0 Å². The summed E-state index contributed by atoms with van der Waals surface area (Å²) in [5, 5.41) is 3.52. The number of anilines is 1. The van der Waals surface area contributed by atoms with Gasteiger partial charge in [0, 0.05) is 16.3 Å². The summed E-state index contributed by atoms with van der Waals surface area (Å²) < 4.78 is 27.4. The topological polar surface area (TPSA) is 75.3 Å². The normalized spacial score (nSPS) is 12.2. The van der Waals surface area contributed by atoms with E-state index in [0.717, 1.165) is 5.56 Å². The van der Waals surface area contributed by atoms with Gasteiger partial charge in [-0.05, 0) is 55.0 Å². The van der Waals surface area contributed by atoms with E-state index in [-0.39, 0.29) is 16.8 Å². The van der Waals surface area contributed by atoms with Crippen LogP contribution in [-0.2, 0) is 10.0 Å². The van der Waals surface area contributed by atoms with E-state index < -0.39 is 10.0 Å². The van der Waals surface area contributed by atoms with Gasteiger partial charge >= 0.3 is 0 Å². The van der Waals surface area contributed by atoms with Crippen LogP contribution in [0.5, 0.6) is 0 Å². The summed E-state index contributed by atoms with van der Waals surface area (Å²) in [6.07, 6.45) is 0. The van der Waals surface area contributed by atoms with Gasteiger partial charge in [-0.1, -0.05) is 48.0 Å². The molecule has 0 fully saturated rings. The van der Waals surface area contributed by atoms with E-state index in [1.807, 2.05) is 19.1 Å². The number of hydrogen-bond acceptors (Lipinski definition) is 3. The van der Waals surface area contributed by atoms with E-state index in [2.05, 4.69) is 10.0 Å².